The van der Waals surface area contributed by atoms with Crippen molar-refractivity contribution in [1.29, 1.82) is 0 Å². The monoisotopic (exact) mass is 528 g/mol. The molecule has 0 saturated carbocycles. The van der Waals surface area contributed by atoms with Gasteiger partial charge >= 0.3 is 0 Å². The topological polar surface area (TPSA) is 74.8 Å². The Kier molecular flexibility index (Phi) is 12.5. The average Bonchev–Trinajstić information content (AvgIpc) is 2.72. The van der Waals surface area contributed by atoms with E-state index in [0.717, 1.165) is 12.1 Å². The number of guanidine groups is 1. The second kappa shape index (κ2) is 14.6. The molecule has 0 aliphatic heterocycles. The Bertz CT molecular complexity index is 817. The summed E-state index contributed by atoms with van der Waals surface area (Å²) in [4.78, 5) is 16.1. The molecule has 3 N–H and O–H groups in total. The van der Waals surface area contributed by atoms with Crippen LogP contribution in [0.2, 0.25) is 0 Å². The predicted octanol–water partition coefficient (Wildman–Crippen LogP) is 3.26. The standard InChI is InChI=1S/C22H29FN4O2.HI/c1-3-24-21(28)16-29-19-10-7-8-17(14-19)15-27-22(25-4-2)26-13-12-18-9-5-6-11-20(18)23;/h5-11,14H,3-4,12-13,15-16H2,1-2H3,(H,24,28)(H2,25,26,27);1H. The highest BCUT2D eigenvalue weighted by molar-refractivity contribution is 14.0. The lowest BCUT2D eigenvalue weighted by atomic mass is 10.1. The van der Waals surface area contributed by atoms with E-state index in [4.69, 9.17) is 4.74 Å². The molecule has 6 nitrogen and oxygen atoms in total. The third kappa shape index (κ3) is 9.43. The summed E-state index contributed by atoms with van der Waals surface area (Å²) in [7, 11) is 0. The highest BCUT2D eigenvalue weighted by Gasteiger charge is 2.04. The molecule has 8 heteroatoms. The number of nitrogens with one attached hydrogen (secondary N) is 3. The molecule has 0 fully saturated rings. The molecule has 1 amide bonds. The smallest absolute Gasteiger partial charge is 0.257 e. The molecule has 0 aliphatic rings. The van der Waals surface area contributed by atoms with Crippen LogP contribution in [0.25, 0.3) is 0 Å². The van der Waals surface area contributed by atoms with Crippen LogP contribution in [0.15, 0.2) is 53.5 Å². The number of amides is 1. The lowest BCUT2D eigenvalue weighted by molar-refractivity contribution is -0.122. The van der Waals surface area contributed by atoms with E-state index < -0.39 is 0 Å². The molecule has 2 aromatic rings. The summed E-state index contributed by atoms with van der Waals surface area (Å²) in [6.45, 7) is 6.17. The van der Waals surface area contributed by atoms with Gasteiger partial charge in [-0.05, 0) is 49.6 Å². The summed E-state index contributed by atoms with van der Waals surface area (Å²) in [6, 6.07) is 14.3. The van der Waals surface area contributed by atoms with Crippen LogP contribution >= 0.6 is 24.0 Å². The molecule has 0 aromatic heterocycles. The average molecular weight is 528 g/mol. The van der Waals surface area contributed by atoms with Crippen LogP contribution in [0.4, 0.5) is 4.39 Å². The second-order valence-corrected chi connectivity index (χ2v) is 6.35. The molecule has 0 saturated heterocycles. The number of rotatable bonds is 10. The highest BCUT2D eigenvalue weighted by Crippen LogP contribution is 2.14. The van der Waals surface area contributed by atoms with Crippen LogP contribution in [0, 0.1) is 5.82 Å². The number of carbonyl (C=O) groups is 1. The molecule has 2 aromatic carbocycles. The third-order valence-electron chi connectivity index (χ3n) is 4.05. The van der Waals surface area contributed by atoms with Crippen molar-refractivity contribution >= 4 is 35.8 Å². The number of aliphatic imine (C=N–C) groups is 1. The number of likely N-dealkylation sites (N-methyl/N-ethyl adjacent to an activating group) is 1. The molecule has 30 heavy (non-hydrogen) atoms. The van der Waals surface area contributed by atoms with Gasteiger partial charge < -0.3 is 20.7 Å². The molecule has 164 valence electrons. The fourth-order valence-electron chi connectivity index (χ4n) is 2.66. The number of hydrogen-bond acceptors (Lipinski definition) is 3. The maximum absolute atomic E-state index is 13.7. The number of halogens is 2. The largest absolute Gasteiger partial charge is 0.484 e. The van der Waals surface area contributed by atoms with Gasteiger partial charge in [-0.3, -0.25) is 4.79 Å². The van der Waals surface area contributed by atoms with E-state index in [9.17, 15) is 9.18 Å². The zero-order valence-electron chi connectivity index (χ0n) is 17.4. The fraction of sp³-hybridized carbons (Fsp3) is 0.364. The number of hydrogen-bond donors (Lipinski definition) is 3. The van der Waals surface area contributed by atoms with Crippen LogP contribution in [-0.4, -0.2) is 38.1 Å². The first-order chi connectivity index (χ1) is 14.1. The zero-order chi connectivity index (χ0) is 20.9. The van der Waals surface area contributed by atoms with Gasteiger partial charge in [-0.2, -0.15) is 0 Å². The minimum absolute atomic E-state index is 0. The van der Waals surface area contributed by atoms with Crippen molar-refractivity contribution in [3.8, 4) is 5.75 Å². The van der Waals surface area contributed by atoms with Crippen molar-refractivity contribution in [1.82, 2.24) is 16.0 Å². The van der Waals surface area contributed by atoms with Crippen LogP contribution < -0.4 is 20.7 Å². The maximum atomic E-state index is 13.7. The summed E-state index contributed by atoms with van der Waals surface area (Å²) in [5.41, 5.74) is 1.64. The SMILES string of the molecule is CCNC(=O)COc1cccc(CN=C(NCC)NCCc2ccccc2F)c1.I. The maximum Gasteiger partial charge on any atom is 0.257 e. The molecule has 0 heterocycles. The highest BCUT2D eigenvalue weighted by atomic mass is 127. The van der Waals surface area contributed by atoms with Crippen molar-refractivity contribution in [3.05, 3.63) is 65.5 Å². The Morgan fingerprint density at radius 1 is 1.03 bits per heavy atom. The van der Waals surface area contributed by atoms with Gasteiger partial charge in [0.05, 0.1) is 6.54 Å². The van der Waals surface area contributed by atoms with Gasteiger partial charge in [-0.15, -0.1) is 24.0 Å². The summed E-state index contributed by atoms with van der Waals surface area (Å²) in [5.74, 6) is 0.948. The molecule has 0 unspecified atom stereocenters. The van der Waals surface area contributed by atoms with Crippen molar-refractivity contribution < 1.29 is 13.9 Å². The molecule has 0 bridgehead atoms. The Labute approximate surface area is 194 Å². The zero-order valence-corrected chi connectivity index (χ0v) is 19.7. The van der Waals surface area contributed by atoms with Gasteiger partial charge in [0.2, 0.25) is 0 Å². The molecular formula is C22H30FIN4O2. The van der Waals surface area contributed by atoms with E-state index in [0.29, 0.717) is 43.3 Å². The predicted molar refractivity (Wildman–Crippen MR) is 129 cm³/mol. The number of benzene rings is 2. The Morgan fingerprint density at radius 3 is 2.53 bits per heavy atom. The number of ether oxygens (including phenoxy) is 1. The quantitative estimate of drug-likeness (QED) is 0.252. The first kappa shape index (κ1) is 25.7. The van der Waals surface area contributed by atoms with Gasteiger partial charge in [0, 0.05) is 19.6 Å². The second-order valence-electron chi connectivity index (χ2n) is 6.35. The van der Waals surface area contributed by atoms with Crippen molar-refractivity contribution in [2.24, 2.45) is 4.99 Å². The molecule has 0 aliphatic carbocycles. The van der Waals surface area contributed by atoms with E-state index in [-0.39, 0.29) is 42.3 Å². The van der Waals surface area contributed by atoms with Crippen molar-refractivity contribution in [3.63, 3.8) is 0 Å². The lowest BCUT2D eigenvalue weighted by Crippen LogP contribution is -2.38. The lowest BCUT2D eigenvalue weighted by Gasteiger charge is -2.12. The Balaban J connectivity index is 0.00000450. The van der Waals surface area contributed by atoms with E-state index in [1.165, 1.54) is 6.07 Å². The first-order valence-electron chi connectivity index (χ1n) is 9.86. The Hall–Kier alpha value is -2.36. The molecule has 0 spiro atoms. The summed E-state index contributed by atoms with van der Waals surface area (Å²) in [5, 5.41) is 9.10. The summed E-state index contributed by atoms with van der Waals surface area (Å²) in [6.07, 6.45) is 0.570. The third-order valence-corrected chi connectivity index (χ3v) is 4.05. The molecule has 0 atom stereocenters. The van der Waals surface area contributed by atoms with Crippen LogP contribution in [0.1, 0.15) is 25.0 Å². The van der Waals surface area contributed by atoms with Crippen molar-refractivity contribution in [2.75, 3.05) is 26.2 Å². The normalized spacial score (nSPS) is 10.7. The molecule has 0 radical (unpaired) electrons. The van der Waals surface area contributed by atoms with Gasteiger partial charge in [0.25, 0.3) is 5.91 Å². The Morgan fingerprint density at radius 2 is 1.80 bits per heavy atom. The van der Waals surface area contributed by atoms with Crippen molar-refractivity contribution in [2.45, 2.75) is 26.8 Å². The van der Waals surface area contributed by atoms with Crippen LogP contribution in [0.5, 0.6) is 5.75 Å². The van der Waals surface area contributed by atoms with Gasteiger partial charge in [0.1, 0.15) is 11.6 Å². The van der Waals surface area contributed by atoms with Gasteiger partial charge in [-0.1, -0.05) is 30.3 Å². The summed E-state index contributed by atoms with van der Waals surface area (Å²) < 4.78 is 19.2. The van der Waals surface area contributed by atoms with E-state index >= 15 is 0 Å². The fourth-order valence-corrected chi connectivity index (χ4v) is 2.66. The summed E-state index contributed by atoms with van der Waals surface area (Å²) >= 11 is 0. The van der Waals surface area contributed by atoms with E-state index in [1.54, 1.807) is 12.1 Å². The number of nitrogens with zero attached hydrogens (tertiary/aromatic N) is 1. The molecule has 2 rings (SSSR count). The van der Waals surface area contributed by atoms with Crippen LogP contribution in [0.3, 0.4) is 0 Å². The minimum Gasteiger partial charge on any atom is -0.484 e. The number of carbonyl (C=O) groups excluding carboxylic acids is 1. The first-order valence-corrected chi connectivity index (χ1v) is 9.86. The van der Waals surface area contributed by atoms with Crippen LogP contribution in [-0.2, 0) is 17.8 Å². The van der Waals surface area contributed by atoms with Gasteiger partial charge in [-0.25, -0.2) is 9.38 Å². The van der Waals surface area contributed by atoms with E-state index in [2.05, 4.69) is 20.9 Å². The van der Waals surface area contributed by atoms with E-state index in [1.807, 2.05) is 44.2 Å². The minimum atomic E-state index is -0.194. The van der Waals surface area contributed by atoms with Gasteiger partial charge in [0.15, 0.2) is 12.6 Å². The molecular weight excluding hydrogens is 498 g/mol.